The normalized spacial score (nSPS) is 29.8. The fraction of sp³-hybridized carbons (Fsp3) is 0.652. The lowest BCUT2D eigenvalue weighted by atomic mass is 9.43. The maximum atomic E-state index is 13.0. The Balaban J connectivity index is 1.84. The second-order valence-corrected chi connectivity index (χ2v) is 9.94. The molecular formula is C23H30O5. The Hall–Kier alpha value is -2.04. The quantitative estimate of drug-likeness (QED) is 0.581. The molecule has 152 valence electrons. The summed E-state index contributed by atoms with van der Waals surface area (Å²) in [6.07, 6.45) is 5.12. The second kappa shape index (κ2) is 6.23. The number of Topliss-reactive ketones (excluding diaryl/α,β-unsaturated/α-hetero) is 1. The number of aromatic hydroxyl groups is 2. The molecule has 4 aliphatic rings. The van der Waals surface area contributed by atoms with E-state index in [0.29, 0.717) is 29.9 Å². The van der Waals surface area contributed by atoms with Crippen molar-refractivity contribution in [2.24, 2.45) is 23.2 Å². The van der Waals surface area contributed by atoms with E-state index in [1.54, 1.807) is 0 Å². The van der Waals surface area contributed by atoms with Crippen LogP contribution in [0.25, 0.3) is 0 Å². The van der Waals surface area contributed by atoms with Crippen LogP contribution in [0.2, 0.25) is 0 Å². The molecule has 5 rings (SSSR count). The highest BCUT2D eigenvalue weighted by Gasteiger charge is 2.63. The molecule has 2 bridgehead atoms. The van der Waals surface area contributed by atoms with Gasteiger partial charge in [0.2, 0.25) is 0 Å². The summed E-state index contributed by atoms with van der Waals surface area (Å²) in [4.78, 5) is 24.5. The van der Waals surface area contributed by atoms with Crippen LogP contribution in [0.5, 0.6) is 17.2 Å². The first kappa shape index (κ1) is 19.3. The van der Waals surface area contributed by atoms with Gasteiger partial charge in [-0.25, -0.2) is 0 Å². The smallest absolute Gasteiger partial charge is 0.170 e. The standard InChI is InChI=1S/C23H30O5/c1-12(2)9-16(25)18-20(27)15(11-24)19(26)14-6-8-23(28-21(14)18)7-5-13-10-17(23)22(13,3)4/h11-13,17,26-27H,5-10H2,1-4H3/t13-,17?,23-/m1/s1. The van der Waals surface area contributed by atoms with Crippen molar-refractivity contribution in [1.82, 2.24) is 0 Å². The highest BCUT2D eigenvalue weighted by atomic mass is 16.5. The molecule has 1 spiro atoms. The Kier molecular flexibility index (Phi) is 4.29. The number of rotatable bonds is 4. The Bertz CT molecular complexity index is 851. The monoisotopic (exact) mass is 386 g/mol. The largest absolute Gasteiger partial charge is 0.507 e. The Morgan fingerprint density at radius 1 is 1.25 bits per heavy atom. The molecule has 0 aromatic heterocycles. The fourth-order valence-corrected chi connectivity index (χ4v) is 5.97. The molecule has 1 aromatic carbocycles. The summed E-state index contributed by atoms with van der Waals surface area (Å²) in [7, 11) is 0. The third-order valence-electron chi connectivity index (χ3n) is 7.65. The van der Waals surface area contributed by atoms with Gasteiger partial charge in [-0.05, 0) is 49.4 Å². The molecule has 28 heavy (non-hydrogen) atoms. The lowest BCUT2D eigenvalue weighted by molar-refractivity contribution is -0.195. The number of ether oxygens (including phenoxy) is 1. The van der Waals surface area contributed by atoms with Crippen molar-refractivity contribution in [2.75, 3.05) is 0 Å². The number of carbonyl (C=O) groups excluding carboxylic acids is 2. The van der Waals surface area contributed by atoms with Crippen molar-refractivity contribution in [3.63, 3.8) is 0 Å². The van der Waals surface area contributed by atoms with E-state index in [1.807, 2.05) is 13.8 Å². The zero-order valence-electron chi connectivity index (χ0n) is 17.2. The molecule has 0 saturated heterocycles. The van der Waals surface area contributed by atoms with Crippen LogP contribution < -0.4 is 4.74 Å². The van der Waals surface area contributed by atoms with Crippen molar-refractivity contribution in [3.8, 4) is 17.2 Å². The van der Waals surface area contributed by atoms with E-state index in [4.69, 9.17) is 4.74 Å². The highest BCUT2D eigenvalue weighted by molar-refractivity contribution is 6.05. The van der Waals surface area contributed by atoms with Gasteiger partial charge < -0.3 is 14.9 Å². The van der Waals surface area contributed by atoms with Gasteiger partial charge >= 0.3 is 0 Å². The Morgan fingerprint density at radius 2 is 1.96 bits per heavy atom. The molecule has 0 amide bonds. The van der Waals surface area contributed by atoms with Gasteiger partial charge in [0.25, 0.3) is 0 Å². The van der Waals surface area contributed by atoms with Crippen LogP contribution in [-0.2, 0) is 6.42 Å². The first-order chi connectivity index (χ1) is 13.1. The third-order valence-corrected chi connectivity index (χ3v) is 7.65. The second-order valence-electron chi connectivity index (χ2n) is 9.94. The number of benzene rings is 1. The summed E-state index contributed by atoms with van der Waals surface area (Å²) in [6, 6.07) is 0. The summed E-state index contributed by atoms with van der Waals surface area (Å²) in [5.41, 5.74) is 0.182. The number of phenolic OH excluding ortho intramolecular Hbond substituents is 2. The number of aldehydes is 1. The van der Waals surface area contributed by atoms with Gasteiger partial charge in [0.1, 0.15) is 28.4 Å². The number of carbonyl (C=O) groups is 2. The summed E-state index contributed by atoms with van der Waals surface area (Å²) in [5.74, 6) is 0.582. The van der Waals surface area contributed by atoms with Crippen molar-refractivity contribution in [2.45, 2.75) is 71.8 Å². The van der Waals surface area contributed by atoms with E-state index in [0.717, 1.165) is 31.6 Å². The van der Waals surface area contributed by atoms with Gasteiger partial charge in [0.15, 0.2) is 12.1 Å². The van der Waals surface area contributed by atoms with Crippen molar-refractivity contribution < 1.29 is 24.5 Å². The summed E-state index contributed by atoms with van der Waals surface area (Å²) >= 11 is 0. The highest BCUT2D eigenvalue weighted by Crippen LogP contribution is 2.66. The number of hydrogen-bond donors (Lipinski definition) is 2. The van der Waals surface area contributed by atoms with E-state index in [-0.39, 0.29) is 46.0 Å². The van der Waals surface area contributed by atoms with Crippen molar-refractivity contribution in [1.29, 1.82) is 0 Å². The topological polar surface area (TPSA) is 83.8 Å². The Morgan fingerprint density at radius 3 is 2.54 bits per heavy atom. The molecule has 5 heteroatoms. The fourth-order valence-electron chi connectivity index (χ4n) is 5.97. The van der Waals surface area contributed by atoms with Crippen LogP contribution in [0.1, 0.15) is 86.1 Å². The lowest BCUT2D eigenvalue weighted by Crippen LogP contribution is -2.64. The number of phenols is 2. The van der Waals surface area contributed by atoms with Crippen LogP contribution in [0, 0.1) is 23.2 Å². The predicted molar refractivity (Wildman–Crippen MR) is 105 cm³/mol. The lowest BCUT2D eigenvalue weighted by Gasteiger charge is -2.65. The molecule has 5 nitrogen and oxygen atoms in total. The molecule has 0 radical (unpaired) electrons. The SMILES string of the molecule is CC(C)CC(=O)c1c(O)c(C=O)c(O)c2c1O[C@@]1(CC2)CC[C@@H]2CC1C2(C)C. The molecule has 3 fully saturated rings. The first-order valence-corrected chi connectivity index (χ1v) is 10.4. The Labute approximate surface area is 166 Å². The van der Waals surface area contributed by atoms with Gasteiger partial charge in [0, 0.05) is 17.9 Å². The predicted octanol–water partition coefficient (Wildman–Crippen LogP) is 4.66. The molecule has 3 atom stereocenters. The van der Waals surface area contributed by atoms with Gasteiger partial charge in [-0.3, -0.25) is 9.59 Å². The number of ketones is 1. The summed E-state index contributed by atoms with van der Waals surface area (Å²) in [5, 5.41) is 21.3. The minimum atomic E-state index is -0.449. The maximum Gasteiger partial charge on any atom is 0.170 e. The van der Waals surface area contributed by atoms with Crippen molar-refractivity contribution >= 4 is 12.1 Å². The molecule has 3 aliphatic carbocycles. The van der Waals surface area contributed by atoms with E-state index in [9.17, 15) is 19.8 Å². The summed E-state index contributed by atoms with van der Waals surface area (Å²) < 4.78 is 6.58. The van der Waals surface area contributed by atoms with Gasteiger partial charge in [-0.2, -0.15) is 0 Å². The number of fused-ring (bicyclic) bond motifs is 2. The maximum absolute atomic E-state index is 13.0. The van der Waals surface area contributed by atoms with E-state index >= 15 is 0 Å². The average molecular weight is 386 g/mol. The van der Waals surface area contributed by atoms with Gasteiger partial charge in [-0.15, -0.1) is 0 Å². The van der Waals surface area contributed by atoms with Crippen molar-refractivity contribution in [3.05, 3.63) is 16.7 Å². The van der Waals surface area contributed by atoms with Gasteiger partial charge in [0.05, 0.1) is 5.56 Å². The molecule has 1 aromatic rings. The van der Waals surface area contributed by atoms with Crippen LogP contribution in [-0.4, -0.2) is 27.9 Å². The summed E-state index contributed by atoms with van der Waals surface area (Å²) in [6.45, 7) is 8.45. The third kappa shape index (κ3) is 2.51. The van der Waals surface area contributed by atoms with Gasteiger partial charge in [-0.1, -0.05) is 27.7 Å². The average Bonchev–Trinajstić information content (AvgIpc) is 2.61. The molecule has 3 saturated carbocycles. The molecule has 1 heterocycles. The first-order valence-electron chi connectivity index (χ1n) is 10.4. The zero-order valence-corrected chi connectivity index (χ0v) is 17.2. The van der Waals surface area contributed by atoms with Crippen LogP contribution in [0.15, 0.2) is 0 Å². The van der Waals surface area contributed by atoms with Crippen LogP contribution in [0.3, 0.4) is 0 Å². The number of hydrogen-bond acceptors (Lipinski definition) is 5. The van der Waals surface area contributed by atoms with E-state index in [1.165, 1.54) is 0 Å². The zero-order chi connectivity index (χ0) is 20.4. The minimum absolute atomic E-state index is 0.0712. The molecule has 1 unspecified atom stereocenters. The molecule has 1 aliphatic heterocycles. The van der Waals surface area contributed by atoms with E-state index in [2.05, 4.69) is 13.8 Å². The van der Waals surface area contributed by atoms with Crippen LogP contribution in [0.4, 0.5) is 0 Å². The molecule has 2 N–H and O–H groups in total. The minimum Gasteiger partial charge on any atom is -0.507 e. The van der Waals surface area contributed by atoms with E-state index < -0.39 is 5.75 Å². The molecular weight excluding hydrogens is 356 g/mol. The van der Waals surface area contributed by atoms with Crippen LogP contribution >= 0.6 is 0 Å².